The highest BCUT2D eigenvalue weighted by Crippen LogP contribution is 2.35. The smallest absolute Gasteiger partial charge is 0.0671 e. The summed E-state index contributed by atoms with van der Waals surface area (Å²) in [6, 6.07) is 15.6. The molecule has 0 aliphatic rings. The molecular formula is C16H17NS2. The lowest BCUT2D eigenvalue weighted by Gasteiger charge is -2.17. The molecule has 3 aromatic rings. The van der Waals surface area contributed by atoms with E-state index in [0.29, 0.717) is 6.04 Å². The molecule has 0 radical (unpaired) electrons. The molecule has 0 amide bonds. The molecule has 19 heavy (non-hydrogen) atoms. The van der Waals surface area contributed by atoms with E-state index in [1.807, 2.05) is 22.7 Å². The average molecular weight is 287 g/mol. The molecule has 0 saturated carbocycles. The lowest BCUT2D eigenvalue weighted by atomic mass is 10.1. The van der Waals surface area contributed by atoms with Crippen molar-refractivity contribution in [3.05, 3.63) is 58.3 Å². The van der Waals surface area contributed by atoms with Gasteiger partial charge in [0.1, 0.15) is 0 Å². The van der Waals surface area contributed by atoms with Crippen molar-refractivity contribution >= 4 is 32.1 Å². The highest BCUT2D eigenvalue weighted by molar-refractivity contribution is 7.27. The van der Waals surface area contributed by atoms with Crippen molar-refractivity contribution in [3.8, 4) is 0 Å². The van der Waals surface area contributed by atoms with Crippen molar-refractivity contribution < 1.29 is 0 Å². The van der Waals surface area contributed by atoms with Crippen LogP contribution in [0.25, 0.3) is 9.40 Å². The van der Waals surface area contributed by atoms with Gasteiger partial charge in [0.2, 0.25) is 0 Å². The van der Waals surface area contributed by atoms with E-state index < -0.39 is 0 Å². The first-order valence-electron chi connectivity index (χ1n) is 6.63. The minimum Gasteiger partial charge on any atom is -0.306 e. The lowest BCUT2D eigenvalue weighted by Crippen LogP contribution is -2.22. The third-order valence-electron chi connectivity index (χ3n) is 3.17. The molecule has 1 nitrogen and oxygen atoms in total. The molecule has 0 aliphatic carbocycles. The van der Waals surface area contributed by atoms with E-state index in [1.165, 1.54) is 19.8 Å². The summed E-state index contributed by atoms with van der Waals surface area (Å²) in [7, 11) is 0. The van der Waals surface area contributed by atoms with Crippen molar-refractivity contribution in [2.24, 2.45) is 0 Å². The first-order chi connectivity index (χ1) is 9.38. The molecule has 2 aromatic heterocycles. The first kappa shape index (κ1) is 12.9. The normalized spacial score (nSPS) is 12.9. The van der Waals surface area contributed by atoms with Crippen LogP contribution in [0.4, 0.5) is 0 Å². The molecule has 0 saturated heterocycles. The van der Waals surface area contributed by atoms with Crippen LogP contribution in [0.3, 0.4) is 0 Å². The zero-order chi connectivity index (χ0) is 13.1. The Kier molecular flexibility index (Phi) is 3.97. The van der Waals surface area contributed by atoms with E-state index >= 15 is 0 Å². The van der Waals surface area contributed by atoms with E-state index in [1.54, 1.807) is 0 Å². The fraction of sp³-hybridized carbons (Fsp3) is 0.250. The number of hydrogen-bond donors (Lipinski definition) is 1. The largest absolute Gasteiger partial charge is 0.306 e. The summed E-state index contributed by atoms with van der Waals surface area (Å²) in [5.74, 6) is 0. The predicted molar refractivity (Wildman–Crippen MR) is 86.3 cm³/mol. The van der Waals surface area contributed by atoms with Gasteiger partial charge in [-0.15, -0.1) is 22.7 Å². The number of nitrogens with one attached hydrogen (secondary N) is 1. The summed E-state index contributed by atoms with van der Waals surface area (Å²) in [5.41, 5.74) is 1.35. The quantitative estimate of drug-likeness (QED) is 0.692. The van der Waals surface area contributed by atoms with Crippen LogP contribution in [0.5, 0.6) is 0 Å². The number of hydrogen-bond acceptors (Lipinski definition) is 3. The van der Waals surface area contributed by atoms with Crippen LogP contribution < -0.4 is 5.32 Å². The van der Waals surface area contributed by atoms with Crippen LogP contribution in [-0.4, -0.2) is 6.54 Å². The van der Waals surface area contributed by atoms with Crippen molar-refractivity contribution in [2.45, 2.75) is 19.4 Å². The predicted octanol–water partition coefficient (Wildman–Crippen LogP) is 5.05. The summed E-state index contributed by atoms with van der Waals surface area (Å²) in [6.07, 6.45) is 1.16. The van der Waals surface area contributed by atoms with Gasteiger partial charge in [-0.2, -0.15) is 0 Å². The van der Waals surface area contributed by atoms with Gasteiger partial charge < -0.3 is 5.32 Å². The van der Waals surface area contributed by atoms with E-state index in [2.05, 4.69) is 60.1 Å². The molecular weight excluding hydrogens is 270 g/mol. The van der Waals surface area contributed by atoms with Crippen LogP contribution >= 0.6 is 22.7 Å². The van der Waals surface area contributed by atoms with Gasteiger partial charge in [0, 0.05) is 14.3 Å². The molecule has 0 fully saturated rings. The first-order valence-corrected chi connectivity index (χ1v) is 8.33. The second-order valence-corrected chi connectivity index (χ2v) is 6.66. The summed E-state index contributed by atoms with van der Waals surface area (Å²) in [5, 5.41) is 5.84. The Morgan fingerprint density at radius 2 is 1.95 bits per heavy atom. The van der Waals surface area contributed by atoms with Gasteiger partial charge in [0.25, 0.3) is 0 Å². The SMILES string of the molecule is CCCNC(c1ccccc1)c1cc2sccc2s1. The summed E-state index contributed by atoms with van der Waals surface area (Å²) < 4.78 is 2.80. The molecule has 98 valence electrons. The third-order valence-corrected chi connectivity index (χ3v) is 5.33. The van der Waals surface area contributed by atoms with Crippen LogP contribution in [-0.2, 0) is 0 Å². The van der Waals surface area contributed by atoms with Gasteiger partial charge in [-0.05, 0) is 36.0 Å². The molecule has 1 aromatic carbocycles. The Morgan fingerprint density at radius 1 is 1.11 bits per heavy atom. The third kappa shape index (κ3) is 2.73. The van der Waals surface area contributed by atoms with Crippen molar-refractivity contribution in [2.75, 3.05) is 6.54 Å². The maximum atomic E-state index is 3.67. The maximum Gasteiger partial charge on any atom is 0.0671 e. The van der Waals surface area contributed by atoms with E-state index in [0.717, 1.165) is 13.0 Å². The molecule has 2 heterocycles. The lowest BCUT2D eigenvalue weighted by molar-refractivity contribution is 0.606. The van der Waals surface area contributed by atoms with Crippen LogP contribution in [0, 0.1) is 0 Å². The molecule has 0 aliphatic heterocycles. The van der Waals surface area contributed by atoms with Crippen LogP contribution in [0.1, 0.15) is 29.8 Å². The highest BCUT2D eigenvalue weighted by atomic mass is 32.1. The Hall–Kier alpha value is -1.16. The minimum absolute atomic E-state index is 0.325. The number of fused-ring (bicyclic) bond motifs is 1. The van der Waals surface area contributed by atoms with E-state index in [4.69, 9.17) is 0 Å². The summed E-state index contributed by atoms with van der Waals surface area (Å²) >= 11 is 3.73. The monoisotopic (exact) mass is 287 g/mol. The van der Waals surface area contributed by atoms with Gasteiger partial charge in [-0.1, -0.05) is 37.3 Å². The van der Waals surface area contributed by atoms with Crippen LogP contribution in [0.2, 0.25) is 0 Å². The van der Waals surface area contributed by atoms with Gasteiger partial charge in [0.05, 0.1) is 6.04 Å². The van der Waals surface area contributed by atoms with Crippen molar-refractivity contribution in [1.29, 1.82) is 0 Å². The fourth-order valence-electron chi connectivity index (χ4n) is 2.24. The second kappa shape index (κ2) is 5.87. The topological polar surface area (TPSA) is 12.0 Å². The molecule has 0 spiro atoms. The van der Waals surface area contributed by atoms with Crippen LogP contribution in [0.15, 0.2) is 47.8 Å². The highest BCUT2D eigenvalue weighted by Gasteiger charge is 2.16. The molecule has 1 unspecified atom stereocenters. The maximum absolute atomic E-state index is 3.67. The molecule has 0 bridgehead atoms. The molecule has 3 heteroatoms. The zero-order valence-electron chi connectivity index (χ0n) is 10.9. The van der Waals surface area contributed by atoms with Crippen molar-refractivity contribution in [1.82, 2.24) is 5.32 Å². The Bertz CT molecular complexity index is 610. The summed E-state index contributed by atoms with van der Waals surface area (Å²) in [4.78, 5) is 1.42. The minimum atomic E-state index is 0.325. The van der Waals surface area contributed by atoms with Gasteiger partial charge in [-0.3, -0.25) is 0 Å². The fourth-order valence-corrected chi connectivity index (χ4v) is 4.47. The van der Waals surface area contributed by atoms with Gasteiger partial charge in [-0.25, -0.2) is 0 Å². The molecule has 3 rings (SSSR count). The van der Waals surface area contributed by atoms with Gasteiger partial charge >= 0.3 is 0 Å². The average Bonchev–Trinajstić information content (AvgIpc) is 3.02. The number of thiophene rings is 2. The van der Waals surface area contributed by atoms with Crippen molar-refractivity contribution in [3.63, 3.8) is 0 Å². The zero-order valence-corrected chi connectivity index (χ0v) is 12.6. The van der Waals surface area contributed by atoms with E-state index in [9.17, 15) is 0 Å². The second-order valence-electron chi connectivity index (χ2n) is 4.60. The summed E-state index contributed by atoms with van der Waals surface area (Å²) in [6.45, 7) is 3.26. The van der Waals surface area contributed by atoms with Gasteiger partial charge in [0.15, 0.2) is 0 Å². The standard InChI is InChI=1S/C16H17NS2/c1-2-9-17-16(12-6-4-3-5-7-12)15-11-14-13(19-15)8-10-18-14/h3-8,10-11,16-17H,2,9H2,1H3. The number of rotatable bonds is 5. The molecule has 1 atom stereocenters. The Labute approximate surface area is 121 Å². The number of benzene rings is 1. The van der Waals surface area contributed by atoms with E-state index in [-0.39, 0.29) is 0 Å². The Balaban J connectivity index is 1.96. The Morgan fingerprint density at radius 3 is 2.68 bits per heavy atom. The molecule has 1 N–H and O–H groups in total.